The van der Waals surface area contributed by atoms with Gasteiger partial charge in [-0.25, -0.2) is 0 Å². The molecule has 7 heteroatoms. The average molecular weight is 218 g/mol. The van der Waals surface area contributed by atoms with Crippen molar-refractivity contribution >= 4 is 7.60 Å². The van der Waals surface area contributed by atoms with Crippen molar-refractivity contribution in [1.82, 2.24) is 5.48 Å². The monoisotopic (exact) mass is 218 g/mol. The Morgan fingerprint density at radius 3 is 2.69 bits per heavy atom. The molecule has 0 aromatic rings. The number of nitrogens with one attached hydrogen (secondary N) is 1. The van der Waals surface area contributed by atoms with E-state index in [2.05, 4.69) is 10.1 Å². The van der Waals surface area contributed by atoms with E-state index in [-0.39, 0.29) is 35.7 Å². The molecule has 0 aliphatic carbocycles. The van der Waals surface area contributed by atoms with Crippen LogP contribution in [-0.2, 0) is 9.19 Å². The summed E-state index contributed by atoms with van der Waals surface area (Å²) in [7, 11) is -3.66. The Bertz CT molecular complexity index is 159. The van der Waals surface area contributed by atoms with Crippen LogP contribution >= 0.6 is 7.60 Å². The van der Waals surface area contributed by atoms with Crippen LogP contribution in [-0.4, -0.2) is 19.3 Å². The van der Waals surface area contributed by atoms with Crippen molar-refractivity contribution in [2.45, 2.75) is 19.8 Å². The Labute approximate surface area is 101 Å². The molecule has 0 aromatic carbocycles. The van der Waals surface area contributed by atoms with Crippen LogP contribution in [0.5, 0.6) is 0 Å². The van der Waals surface area contributed by atoms with Crippen molar-refractivity contribution in [3.05, 3.63) is 0 Å². The smallest absolute Gasteiger partial charge is 0.777 e. The van der Waals surface area contributed by atoms with Gasteiger partial charge in [0, 0.05) is 19.3 Å². The topological polar surface area (TPSA) is 87.4 Å². The standard InChI is InChI=1S/C6H17N2O3P.Na/c1-2-3-6-12(9,10)11-8-5-4-7;/h8H,2-7H2,1H3,(H,9,10);/q;+1/p-1. The molecule has 1 atom stereocenters. The van der Waals surface area contributed by atoms with Gasteiger partial charge in [0.15, 0.2) is 7.60 Å². The Morgan fingerprint density at radius 1 is 1.62 bits per heavy atom. The molecule has 0 aromatic heterocycles. The number of hydroxylamine groups is 1. The molecule has 13 heavy (non-hydrogen) atoms. The second kappa shape index (κ2) is 9.62. The van der Waals surface area contributed by atoms with Gasteiger partial charge in [0.25, 0.3) is 0 Å². The van der Waals surface area contributed by atoms with Crippen LogP contribution in [0.4, 0.5) is 0 Å². The quantitative estimate of drug-likeness (QED) is 0.204. The second-order valence-electron chi connectivity index (χ2n) is 2.46. The molecule has 3 N–H and O–H groups in total. The zero-order chi connectivity index (χ0) is 9.45. The van der Waals surface area contributed by atoms with Gasteiger partial charge < -0.3 is 15.2 Å². The molecule has 0 saturated heterocycles. The molecule has 0 amide bonds. The molecule has 0 aliphatic rings. The van der Waals surface area contributed by atoms with Crippen molar-refractivity contribution in [2.24, 2.45) is 5.73 Å². The second-order valence-corrected chi connectivity index (χ2v) is 4.31. The Hall–Kier alpha value is 1.07. The minimum absolute atomic E-state index is 0. The van der Waals surface area contributed by atoms with Gasteiger partial charge in [-0.3, -0.25) is 4.62 Å². The predicted molar refractivity (Wildman–Crippen MR) is 45.5 cm³/mol. The fourth-order valence-electron chi connectivity index (χ4n) is 0.600. The van der Waals surface area contributed by atoms with Crippen LogP contribution in [0.15, 0.2) is 0 Å². The van der Waals surface area contributed by atoms with E-state index in [1.165, 1.54) is 0 Å². The van der Waals surface area contributed by atoms with Crippen molar-refractivity contribution in [2.75, 3.05) is 19.3 Å². The van der Waals surface area contributed by atoms with Crippen LogP contribution in [0.25, 0.3) is 0 Å². The first-order chi connectivity index (χ1) is 5.62. The summed E-state index contributed by atoms with van der Waals surface area (Å²) in [6.07, 6.45) is 1.55. The van der Waals surface area contributed by atoms with Gasteiger partial charge in [0.1, 0.15) is 0 Å². The zero-order valence-electron chi connectivity index (χ0n) is 8.28. The molecule has 0 bridgehead atoms. The number of rotatable bonds is 7. The molecular weight excluding hydrogens is 202 g/mol. The minimum Gasteiger partial charge on any atom is -0.777 e. The van der Waals surface area contributed by atoms with Gasteiger partial charge in [-0.2, -0.15) is 5.48 Å². The van der Waals surface area contributed by atoms with E-state index in [9.17, 15) is 9.46 Å². The summed E-state index contributed by atoms with van der Waals surface area (Å²) in [6, 6.07) is 0. The van der Waals surface area contributed by atoms with Crippen molar-refractivity contribution in [1.29, 1.82) is 0 Å². The molecule has 0 aliphatic heterocycles. The first kappa shape index (κ1) is 16.5. The summed E-state index contributed by atoms with van der Waals surface area (Å²) in [5.74, 6) is 0. The molecule has 74 valence electrons. The third-order valence-corrected chi connectivity index (χ3v) is 2.51. The minimum atomic E-state index is -3.66. The molecule has 0 heterocycles. The first-order valence-corrected chi connectivity index (χ1v) is 5.76. The van der Waals surface area contributed by atoms with Crippen molar-refractivity contribution in [3.63, 3.8) is 0 Å². The zero-order valence-corrected chi connectivity index (χ0v) is 11.2. The third-order valence-electron chi connectivity index (χ3n) is 1.24. The summed E-state index contributed by atoms with van der Waals surface area (Å²) < 4.78 is 15.4. The van der Waals surface area contributed by atoms with Crippen LogP contribution in [0.2, 0.25) is 0 Å². The van der Waals surface area contributed by atoms with Crippen LogP contribution in [0.3, 0.4) is 0 Å². The number of unbranched alkanes of at least 4 members (excludes halogenated alkanes) is 1. The van der Waals surface area contributed by atoms with E-state index in [0.717, 1.165) is 6.42 Å². The Kier molecular flexibility index (Phi) is 12.2. The van der Waals surface area contributed by atoms with Crippen molar-refractivity contribution in [3.8, 4) is 0 Å². The van der Waals surface area contributed by atoms with E-state index in [1.54, 1.807) is 0 Å². The Balaban J connectivity index is 0. The summed E-state index contributed by atoms with van der Waals surface area (Å²) in [5, 5.41) is 0. The van der Waals surface area contributed by atoms with Gasteiger partial charge in [-0.1, -0.05) is 13.3 Å². The maximum Gasteiger partial charge on any atom is 1.00 e. The number of hydrogen-bond acceptors (Lipinski definition) is 5. The fraction of sp³-hybridized carbons (Fsp3) is 1.00. The predicted octanol–water partition coefficient (Wildman–Crippen LogP) is -3.18. The maximum absolute atomic E-state index is 11.0. The summed E-state index contributed by atoms with van der Waals surface area (Å²) in [6.45, 7) is 2.62. The van der Waals surface area contributed by atoms with Gasteiger partial charge in [0.05, 0.1) is 0 Å². The van der Waals surface area contributed by atoms with Gasteiger partial charge in [0.2, 0.25) is 0 Å². The van der Waals surface area contributed by atoms with E-state index in [0.29, 0.717) is 19.5 Å². The molecule has 0 saturated carbocycles. The van der Waals surface area contributed by atoms with Gasteiger partial charge >= 0.3 is 29.6 Å². The molecule has 0 radical (unpaired) electrons. The molecule has 0 fully saturated rings. The van der Waals surface area contributed by atoms with Crippen LogP contribution < -0.4 is 45.7 Å². The molecule has 5 nitrogen and oxygen atoms in total. The van der Waals surface area contributed by atoms with E-state index >= 15 is 0 Å². The van der Waals surface area contributed by atoms with Crippen LogP contribution in [0.1, 0.15) is 19.8 Å². The number of hydrogen-bond donors (Lipinski definition) is 2. The molecule has 1 unspecified atom stereocenters. The van der Waals surface area contributed by atoms with E-state index in [4.69, 9.17) is 5.73 Å². The summed E-state index contributed by atoms with van der Waals surface area (Å²) in [5.41, 5.74) is 7.41. The van der Waals surface area contributed by atoms with Gasteiger partial charge in [-0.15, -0.1) is 0 Å². The Morgan fingerprint density at radius 2 is 2.23 bits per heavy atom. The van der Waals surface area contributed by atoms with Crippen molar-refractivity contribution < 1.29 is 43.6 Å². The van der Waals surface area contributed by atoms with Gasteiger partial charge in [-0.05, 0) is 6.42 Å². The SMILES string of the molecule is CCCCP(=O)([O-])ONCCN.[Na+]. The molecular formula is C6H16N2NaO3P. The third kappa shape index (κ3) is 11.0. The first-order valence-electron chi connectivity index (χ1n) is 4.04. The van der Waals surface area contributed by atoms with Crippen LogP contribution in [0, 0.1) is 0 Å². The normalized spacial score (nSPS) is 14.7. The maximum atomic E-state index is 11.0. The molecule has 0 spiro atoms. The largest absolute Gasteiger partial charge is 1.00 e. The molecule has 0 rings (SSSR count). The summed E-state index contributed by atoms with van der Waals surface area (Å²) >= 11 is 0. The van der Waals surface area contributed by atoms with E-state index in [1.807, 2.05) is 6.92 Å². The van der Waals surface area contributed by atoms with E-state index < -0.39 is 7.60 Å². The number of nitrogens with two attached hydrogens (primary N) is 1. The fourth-order valence-corrected chi connectivity index (χ4v) is 1.68. The summed E-state index contributed by atoms with van der Waals surface area (Å²) in [4.78, 5) is 11.0. The average Bonchev–Trinajstić information content (AvgIpc) is 2.01.